The maximum absolute atomic E-state index is 13.4. The Kier molecular flexibility index (Phi) is 5.40. The average molecular weight is 310 g/mol. The van der Waals surface area contributed by atoms with Crippen molar-refractivity contribution in [3.63, 3.8) is 0 Å². The first kappa shape index (κ1) is 16.3. The van der Waals surface area contributed by atoms with Crippen molar-refractivity contribution in [1.82, 2.24) is 15.5 Å². The first-order valence-electron chi connectivity index (χ1n) is 7.15. The van der Waals surface area contributed by atoms with Crippen LogP contribution in [-0.4, -0.2) is 55.0 Å². The fourth-order valence-electron chi connectivity index (χ4n) is 2.51. The second kappa shape index (κ2) is 7.28. The lowest BCUT2D eigenvalue weighted by molar-refractivity contribution is -0.385. The topological polar surface area (TPSA) is 87.5 Å². The van der Waals surface area contributed by atoms with E-state index in [1.54, 1.807) is 0 Å². The van der Waals surface area contributed by atoms with E-state index in [-0.39, 0.29) is 16.8 Å². The molecule has 1 amide bonds. The zero-order valence-electron chi connectivity index (χ0n) is 12.4. The highest BCUT2D eigenvalue weighted by molar-refractivity contribution is 5.98. The Morgan fingerprint density at radius 2 is 2.14 bits per heavy atom. The van der Waals surface area contributed by atoms with E-state index in [0.29, 0.717) is 13.1 Å². The van der Waals surface area contributed by atoms with Crippen LogP contribution in [0.4, 0.5) is 10.1 Å². The number of nitro groups is 1. The van der Waals surface area contributed by atoms with Crippen LogP contribution >= 0.6 is 0 Å². The minimum Gasteiger partial charge on any atom is -0.351 e. The minimum atomic E-state index is -0.657. The summed E-state index contributed by atoms with van der Waals surface area (Å²) in [7, 11) is 0. The van der Waals surface area contributed by atoms with E-state index >= 15 is 0 Å². The Balaban J connectivity index is 2.01. The average Bonchev–Trinajstić information content (AvgIpc) is 2.46. The molecule has 1 aromatic rings. The Hall–Kier alpha value is -2.06. The molecule has 0 radical (unpaired) electrons. The standard InChI is InChI=1S/C14H19FN4O3/c1-10-8-11(15)9-12(13(10)19(21)22)14(20)17-4-7-18-5-2-16-3-6-18/h8-9,16H,2-7H2,1H3,(H,17,20). The van der Waals surface area contributed by atoms with Crippen LogP contribution in [0.1, 0.15) is 15.9 Å². The summed E-state index contributed by atoms with van der Waals surface area (Å²) < 4.78 is 13.4. The molecular weight excluding hydrogens is 291 g/mol. The molecule has 2 rings (SSSR count). The van der Waals surface area contributed by atoms with E-state index in [4.69, 9.17) is 0 Å². The number of hydrogen-bond acceptors (Lipinski definition) is 5. The van der Waals surface area contributed by atoms with E-state index in [1.807, 2.05) is 0 Å². The Morgan fingerprint density at radius 1 is 1.45 bits per heavy atom. The van der Waals surface area contributed by atoms with Crippen LogP contribution < -0.4 is 10.6 Å². The van der Waals surface area contributed by atoms with Crippen molar-refractivity contribution in [1.29, 1.82) is 0 Å². The lowest BCUT2D eigenvalue weighted by Gasteiger charge is -2.27. The minimum absolute atomic E-state index is 0.136. The number of piperazine rings is 1. The fourth-order valence-corrected chi connectivity index (χ4v) is 2.51. The summed E-state index contributed by atoms with van der Waals surface area (Å²) in [6, 6.07) is 1.96. The van der Waals surface area contributed by atoms with Crippen LogP contribution in [0.3, 0.4) is 0 Å². The Morgan fingerprint density at radius 3 is 2.77 bits per heavy atom. The molecule has 0 aromatic heterocycles. The number of aryl methyl sites for hydroxylation is 1. The first-order chi connectivity index (χ1) is 10.5. The number of nitro benzene ring substituents is 1. The number of benzene rings is 1. The summed E-state index contributed by atoms with van der Waals surface area (Å²) >= 11 is 0. The Labute approximate surface area is 127 Å². The molecule has 1 saturated heterocycles. The van der Waals surface area contributed by atoms with Gasteiger partial charge in [0.15, 0.2) is 0 Å². The number of carbonyl (C=O) groups excluding carboxylic acids is 1. The lowest BCUT2D eigenvalue weighted by atomic mass is 10.1. The third-order valence-corrected chi connectivity index (χ3v) is 3.62. The van der Waals surface area contributed by atoms with E-state index in [0.717, 1.165) is 38.3 Å². The van der Waals surface area contributed by atoms with Gasteiger partial charge in [0, 0.05) is 44.8 Å². The number of rotatable bonds is 5. The van der Waals surface area contributed by atoms with E-state index in [2.05, 4.69) is 15.5 Å². The van der Waals surface area contributed by atoms with Crippen LogP contribution in [0, 0.1) is 22.9 Å². The quantitative estimate of drug-likeness (QED) is 0.617. The predicted octanol–water partition coefficient (Wildman–Crippen LogP) is 0.677. The number of carbonyl (C=O) groups is 1. The lowest BCUT2D eigenvalue weighted by Crippen LogP contribution is -2.46. The van der Waals surface area contributed by atoms with Crippen molar-refractivity contribution in [3.8, 4) is 0 Å². The summed E-state index contributed by atoms with van der Waals surface area (Å²) in [5.41, 5.74) is -0.443. The molecule has 1 aromatic carbocycles. The molecule has 0 atom stereocenters. The van der Waals surface area contributed by atoms with Crippen molar-refractivity contribution in [2.45, 2.75) is 6.92 Å². The molecule has 0 spiro atoms. The largest absolute Gasteiger partial charge is 0.351 e. The molecule has 22 heavy (non-hydrogen) atoms. The predicted molar refractivity (Wildman–Crippen MR) is 79.4 cm³/mol. The fraction of sp³-hybridized carbons (Fsp3) is 0.500. The Bertz CT molecular complexity index is 573. The molecule has 7 nitrogen and oxygen atoms in total. The number of halogens is 1. The molecule has 1 heterocycles. The molecule has 120 valence electrons. The van der Waals surface area contributed by atoms with Crippen molar-refractivity contribution in [2.24, 2.45) is 0 Å². The number of nitrogens with zero attached hydrogens (tertiary/aromatic N) is 2. The third-order valence-electron chi connectivity index (χ3n) is 3.62. The zero-order valence-corrected chi connectivity index (χ0v) is 12.4. The van der Waals surface area contributed by atoms with Crippen LogP contribution in [0.15, 0.2) is 12.1 Å². The van der Waals surface area contributed by atoms with E-state index in [1.165, 1.54) is 6.92 Å². The molecule has 0 saturated carbocycles. The van der Waals surface area contributed by atoms with Crippen molar-refractivity contribution >= 4 is 11.6 Å². The summed E-state index contributed by atoms with van der Waals surface area (Å²) in [4.78, 5) is 24.7. The van der Waals surface area contributed by atoms with Crippen LogP contribution in [0.5, 0.6) is 0 Å². The number of nitrogens with one attached hydrogen (secondary N) is 2. The van der Waals surface area contributed by atoms with Crippen molar-refractivity contribution < 1.29 is 14.1 Å². The van der Waals surface area contributed by atoms with Crippen LogP contribution in [-0.2, 0) is 0 Å². The van der Waals surface area contributed by atoms with Gasteiger partial charge in [-0.15, -0.1) is 0 Å². The molecule has 1 fully saturated rings. The van der Waals surface area contributed by atoms with Gasteiger partial charge in [-0.25, -0.2) is 4.39 Å². The van der Waals surface area contributed by atoms with Gasteiger partial charge in [0.1, 0.15) is 11.4 Å². The third kappa shape index (κ3) is 3.99. The summed E-state index contributed by atoms with van der Waals surface area (Å²) in [5.74, 6) is -1.28. The number of amides is 1. The van der Waals surface area contributed by atoms with Gasteiger partial charge in [0.25, 0.3) is 11.6 Å². The molecule has 0 bridgehead atoms. The summed E-state index contributed by atoms with van der Waals surface area (Å²) in [5, 5.41) is 16.9. The highest BCUT2D eigenvalue weighted by atomic mass is 19.1. The zero-order chi connectivity index (χ0) is 16.1. The summed E-state index contributed by atoms with van der Waals surface area (Å²) in [6.45, 7) is 6.05. The highest BCUT2D eigenvalue weighted by Gasteiger charge is 2.24. The first-order valence-corrected chi connectivity index (χ1v) is 7.15. The molecule has 0 aliphatic carbocycles. The van der Waals surface area contributed by atoms with Gasteiger partial charge < -0.3 is 10.6 Å². The van der Waals surface area contributed by atoms with Gasteiger partial charge in [0.05, 0.1) is 4.92 Å². The molecular formula is C14H19FN4O3. The molecule has 1 aliphatic rings. The van der Waals surface area contributed by atoms with Gasteiger partial charge in [0.2, 0.25) is 0 Å². The normalized spacial score (nSPS) is 15.5. The van der Waals surface area contributed by atoms with Crippen molar-refractivity contribution in [2.75, 3.05) is 39.3 Å². The molecule has 0 unspecified atom stereocenters. The smallest absolute Gasteiger partial charge is 0.285 e. The van der Waals surface area contributed by atoms with Crippen LogP contribution in [0.25, 0.3) is 0 Å². The van der Waals surface area contributed by atoms with Gasteiger partial charge in [-0.2, -0.15) is 0 Å². The summed E-state index contributed by atoms with van der Waals surface area (Å²) in [6.07, 6.45) is 0. The second-order valence-corrected chi connectivity index (χ2v) is 5.22. The number of hydrogen-bond donors (Lipinski definition) is 2. The van der Waals surface area contributed by atoms with E-state index < -0.39 is 16.6 Å². The van der Waals surface area contributed by atoms with Crippen molar-refractivity contribution in [3.05, 3.63) is 39.2 Å². The molecule has 1 aliphatic heterocycles. The molecule has 2 N–H and O–H groups in total. The van der Waals surface area contributed by atoms with Gasteiger partial charge in [-0.05, 0) is 19.1 Å². The second-order valence-electron chi connectivity index (χ2n) is 5.22. The van der Waals surface area contributed by atoms with Crippen LogP contribution in [0.2, 0.25) is 0 Å². The maximum Gasteiger partial charge on any atom is 0.285 e. The maximum atomic E-state index is 13.4. The molecule has 8 heteroatoms. The van der Waals surface area contributed by atoms with E-state index in [9.17, 15) is 19.3 Å². The van der Waals surface area contributed by atoms with Gasteiger partial charge in [-0.3, -0.25) is 19.8 Å². The van der Waals surface area contributed by atoms with Gasteiger partial charge in [-0.1, -0.05) is 0 Å². The highest BCUT2D eigenvalue weighted by Crippen LogP contribution is 2.24. The SMILES string of the molecule is Cc1cc(F)cc(C(=O)NCCN2CCNCC2)c1[N+](=O)[O-]. The van der Waals surface area contributed by atoms with Gasteiger partial charge >= 0.3 is 0 Å². The monoisotopic (exact) mass is 310 g/mol.